The van der Waals surface area contributed by atoms with Crippen LogP contribution in [0.1, 0.15) is 47.7 Å². The van der Waals surface area contributed by atoms with E-state index in [1.165, 1.54) is 10.4 Å². The summed E-state index contributed by atoms with van der Waals surface area (Å²) in [6.45, 7) is 2.87. The Morgan fingerprint density at radius 1 is 1.29 bits per heavy atom. The number of carbonyl (C=O) groups excluding carboxylic acids is 2. The number of para-hydroxylation sites is 1. The van der Waals surface area contributed by atoms with E-state index in [4.69, 9.17) is 0 Å². The van der Waals surface area contributed by atoms with E-state index in [0.717, 1.165) is 30.6 Å². The van der Waals surface area contributed by atoms with Crippen molar-refractivity contribution >= 4 is 28.8 Å². The molecule has 0 saturated heterocycles. The van der Waals surface area contributed by atoms with Crippen molar-refractivity contribution in [1.29, 1.82) is 0 Å². The number of benzene rings is 1. The number of hydrogen-bond acceptors (Lipinski definition) is 3. The minimum atomic E-state index is -0.371. The zero-order valence-corrected chi connectivity index (χ0v) is 14.4. The topological polar surface area (TPSA) is 49.4 Å². The first-order chi connectivity index (χ1) is 11.7. The van der Waals surface area contributed by atoms with Gasteiger partial charge in [-0.05, 0) is 41.5 Å². The van der Waals surface area contributed by atoms with Crippen LogP contribution in [0.4, 0.5) is 5.69 Å². The molecule has 2 unspecified atom stereocenters. The number of nitrogens with one attached hydrogen (secondary N) is 1. The number of amides is 2. The number of carbonyl (C=O) groups is 2. The van der Waals surface area contributed by atoms with Crippen LogP contribution in [0.25, 0.3) is 0 Å². The molecule has 2 amide bonds. The molecule has 0 spiro atoms. The Labute approximate surface area is 145 Å². The van der Waals surface area contributed by atoms with Crippen molar-refractivity contribution in [3.8, 4) is 0 Å². The largest absolute Gasteiger partial charge is 0.335 e. The second-order valence-electron chi connectivity index (χ2n) is 6.40. The number of fused-ring (bicyclic) bond motifs is 2. The van der Waals surface area contributed by atoms with Gasteiger partial charge in [-0.25, -0.2) is 0 Å². The Hall–Kier alpha value is -2.14. The Kier molecular flexibility index (Phi) is 3.88. The highest BCUT2D eigenvalue weighted by Crippen LogP contribution is 2.39. The summed E-state index contributed by atoms with van der Waals surface area (Å²) in [6.07, 6.45) is 2.05. The molecule has 3 heterocycles. The zero-order valence-electron chi connectivity index (χ0n) is 13.6. The quantitative estimate of drug-likeness (QED) is 0.906. The molecule has 5 heteroatoms. The molecule has 2 aliphatic heterocycles. The van der Waals surface area contributed by atoms with Gasteiger partial charge in [0.15, 0.2) is 0 Å². The van der Waals surface area contributed by atoms with Crippen molar-refractivity contribution in [2.45, 2.75) is 38.1 Å². The normalized spacial score (nSPS) is 22.5. The first kappa shape index (κ1) is 15.4. The standard InChI is InChI=1S/C19H20N2O2S/c1-2-16-13-8-10-24-17(13)7-9-21(16)19(23)14-11-18(22)20-15-6-4-3-5-12(14)15/h3-6,8,10,14,16H,2,7,9,11H2,1H3,(H,20,22). The van der Waals surface area contributed by atoms with E-state index >= 15 is 0 Å². The van der Waals surface area contributed by atoms with Crippen molar-refractivity contribution < 1.29 is 9.59 Å². The highest BCUT2D eigenvalue weighted by Gasteiger charge is 2.37. The summed E-state index contributed by atoms with van der Waals surface area (Å²) in [4.78, 5) is 28.8. The molecule has 4 rings (SSSR count). The molecule has 1 aromatic heterocycles. The third-order valence-electron chi connectivity index (χ3n) is 5.06. The number of thiophene rings is 1. The molecular formula is C19H20N2O2S. The molecule has 2 aromatic rings. The monoisotopic (exact) mass is 340 g/mol. The molecule has 0 fully saturated rings. The number of hydrogen-bond donors (Lipinski definition) is 1. The average Bonchev–Trinajstić information content (AvgIpc) is 3.08. The van der Waals surface area contributed by atoms with Crippen LogP contribution in [0.3, 0.4) is 0 Å². The molecule has 1 N–H and O–H groups in total. The third kappa shape index (κ3) is 2.44. The fraction of sp³-hybridized carbons (Fsp3) is 0.368. The van der Waals surface area contributed by atoms with Gasteiger partial charge in [0, 0.05) is 23.5 Å². The molecule has 0 radical (unpaired) electrons. The summed E-state index contributed by atoms with van der Waals surface area (Å²) in [5, 5.41) is 4.99. The van der Waals surface area contributed by atoms with Crippen molar-refractivity contribution in [3.05, 3.63) is 51.7 Å². The van der Waals surface area contributed by atoms with Crippen molar-refractivity contribution in [3.63, 3.8) is 0 Å². The first-order valence-electron chi connectivity index (χ1n) is 8.44. The molecule has 0 bridgehead atoms. The van der Waals surface area contributed by atoms with Crippen LogP contribution < -0.4 is 5.32 Å². The number of anilines is 1. The lowest BCUT2D eigenvalue weighted by atomic mass is 9.87. The van der Waals surface area contributed by atoms with E-state index in [2.05, 4.69) is 23.7 Å². The van der Waals surface area contributed by atoms with Gasteiger partial charge >= 0.3 is 0 Å². The SMILES string of the molecule is CCC1c2ccsc2CCN1C(=O)C1CC(=O)Nc2ccccc21. The van der Waals surface area contributed by atoms with Gasteiger partial charge in [-0.3, -0.25) is 9.59 Å². The lowest BCUT2D eigenvalue weighted by Gasteiger charge is -2.38. The minimum Gasteiger partial charge on any atom is -0.335 e. The van der Waals surface area contributed by atoms with Crippen LogP contribution in [0, 0.1) is 0 Å². The Balaban J connectivity index is 1.68. The van der Waals surface area contributed by atoms with Crippen LogP contribution in [-0.2, 0) is 16.0 Å². The van der Waals surface area contributed by atoms with Gasteiger partial charge in [-0.1, -0.05) is 25.1 Å². The van der Waals surface area contributed by atoms with Crippen LogP contribution in [0.15, 0.2) is 35.7 Å². The van der Waals surface area contributed by atoms with Gasteiger partial charge in [-0.2, -0.15) is 0 Å². The lowest BCUT2D eigenvalue weighted by molar-refractivity contribution is -0.137. The second-order valence-corrected chi connectivity index (χ2v) is 7.40. The molecule has 0 aliphatic carbocycles. The summed E-state index contributed by atoms with van der Waals surface area (Å²) in [7, 11) is 0. The minimum absolute atomic E-state index is 0.0756. The van der Waals surface area contributed by atoms with Crippen LogP contribution in [0.2, 0.25) is 0 Å². The smallest absolute Gasteiger partial charge is 0.231 e. The van der Waals surface area contributed by atoms with Gasteiger partial charge < -0.3 is 10.2 Å². The highest BCUT2D eigenvalue weighted by atomic mass is 32.1. The molecule has 0 saturated carbocycles. The summed E-state index contributed by atoms with van der Waals surface area (Å²) in [5.41, 5.74) is 3.00. The summed E-state index contributed by atoms with van der Waals surface area (Å²) < 4.78 is 0. The van der Waals surface area contributed by atoms with E-state index in [1.807, 2.05) is 29.2 Å². The maximum atomic E-state index is 13.3. The molecule has 24 heavy (non-hydrogen) atoms. The zero-order chi connectivity index (χ0) is 16.7. The van der Waals surface area contributed by atoms with Gasteiger partial charge in [0.1, 0.15) is 0 Å². The highest BCUT2D eigenvalue weighted by molar-refractivity contribution is 7.10. The third-order valence-corrected chi connectivity index (χ3v) is 6.06. The van der Waals surface area contributed by atoms with Crippen LogP contribution in [0.5, 0.6) is 0 Å². The van der Waals surface area contributed by atoms with Crippen molar-refractivity contribution in [2.75, 3.05) is 11.9 Å². The second kappa shape index (κ2) is 6.06. The van der Waals surface area contributed by atoms with Gasteiger partial charge in [0.2, 0.25) is 11.8 Å². The van der Waals surface area contributed by atoms with E-state index in [-0.39, 0.29) is 30.2 Å². The summed E-state index contributed by atoms with van der Waals surface area (Å²) >= 11 is 1.78. The molecule has 2 atom stereocenters. The van der Waals surface area contributed by atoms with Crippen molar-refractivity contribution in [2.24, 2.45) is 0 Å². The Morgan fingerprint density at radius 3 is 2.96 bits per heavy atom. The Bertz CT molecular complexity index is 798. The molecule has 1 aromatic carbocycles. The van der Waals surface area contributed by atoms with Crippen molar-refractivity contribution in [1.82, 2.24) is 4.90 Å². The predicted molar refractivity (Wildman–Crippen MR) is 95.2 cm³/mol. The van der Waals surface area contributed by atoms with Gasteiger partial charge in [0.05, 0.1) is 12.0 Å². The van der Waals surface area contributed by atoms with E-state index in [1.54, 1.807) is 11.3 Å². The van der Waals surface area contributed by atoms with E-state index in [0.29, 0.717) is 0 Å². The number of rotatable bonds is 2. The maximum Gasteiger partial charge on any atom is 0.231 e. The van der Waals surface area contributed by atoms with Gasteiger partial charge in [-0.15, -0.1) is 11.3 Å². The summed E-state index contributed by atoms with van der Waals surface area (Å²) in [5.74, 6) is -0.362. The molecule has 124 valence electrons. The fourth-order valence-electron chi connectivity index (χ4n) is 3.93. The lowest BCUT2D eigenvalue weighted by Crippen LogP contribution is -2.43. The average molecular weight is 340 g/mol. The summed E-state index contributed by atoms with van der Waals surface area (Å²) in [6, 6.07) is 9.93. The Morgan fingerprint density at radius 2 is 2.12 bits per heavy atom. The predicted octanol–water partition coefficient (Wildman–Crippen LogP) is 3.71. The van der Waals surface area contributed by atoms with Crippen LogP contribution in [-0.4, -0.2) is 23.3 Å². The van der Waals surface area contributed by atoms with Crippen LogP contribution >= 0.6 is 11.3 Å². The van der Waals surface area contributed by atoms with E-state index in [9.17, 15) is 9.59 Å². The van der Waals surface area contributed by atoms with Gasteiger partial charge in [0.25, 0.3) is 0 Å². The first-order valence-corrected chi connectivity index (χ1v) is 9.32. The molecule has 2 aliphatic rings. The molecule has 4 nitrogen and oxygen atoms in total. The number of nitrogens with zero attached hydrogens (tertiary/aromatic N) is 1. The molecular weight excluding hydrogens is 320 g/mol. The van der Waals surface area contributed by atoms with E-state index < -0.39 is 0 Å². The maximum absolute atomic E-state index is 13.3. The fourth-order valence-corrected chi connectivity index (χ4v) is 4.86.